The van der Waals surface area contributed by atoms with Crippen molar-refractivity contribution in [2.75, 3.05) is 18.8 Å². The average Bonchev–Trinajstić information content (AvgIpc) is 2.35. The van der Waals surface area contributed by atoms with E-state index in [4.69, 9.17) is 11.5 Å². The lowest BCUT2D eigenvalue weighted by Gasteiger charge is -2.23. The van der Waals surface area contributed by atoms with Gasteiger partial charge in [0.25, 0.3) is 0 Å². The van der Waals surface area contributed by atoms with Crippen molar-refractivity contribution in [2.45, 2.75) is 26.7 Å². The molecule has 6 heteroatoms. The molecule has 21 heavy (non-hydrogen) atoms. The Hall–Kier alpha value is -1.75. The van der Waals surface area contributed by atoms with Gasteiger partial charge in [0.1, 0.15) is 0 Å². The number of aryl methyl sites for hydroxylation is 1. The summed E-state index contributed by atoms with van der Waals surface area (Å²) in [5, 5.41) is 0. The Kier molecular flexibility index (Phi) is 8.47. The maximum atomic E-state index is 12.2. The van der Waals surface area contributed by atoms with Crippen molar-refractivity contribution >= 4 is 29.9 Å². The SMILES string of the molecule is CC(C)CN(CC(N)=O)C(=O)CCc1ccccc1N.Cl. The van der Waals surface area contributed by atoms with E-state index in [2.05, 4.69) is 0 Å². The van der Waals surface area contributed by atoms with Crippen LogP contribution in [-0.4, -0.2) is 29.8 Å². The van der Waals surface area contributed by atoms with Crippen molar-refractivity contribution in [3.8, 4) is 0 Å². The molecule has 0 aliphatic rings. The summed E-state index contributed by atoms with van der Waals surface area (Å²) < 4.78 is 0. The zero-order chi connectivity index (χ0) is 15.1. The lowest BCUT2D eigenvalue weighted by atomic mass is 10.1. The van der Waals surface area contributed by atoms with Crippen LogP contribution in [0.5, 0.6) is 0 Å². The van der Waals surface area contributed by atoms with Crippen molar-refractivity contribution in [1.29, 1.82) is 0 Å². The molecule has 0 radical (unpaired) electrons. The topological polar surface area (TPSA) is 89.4 Å². The summed E-state index contributed by atoms with van der Waals surface area (Å²) in [7, 11) is 0. The third-order valence-corrected chi connectivity index (χ3v) is 2.95. The highest BCUT2D eigenvalue weighted by molar-refractivity contribution is 5.85. The van der Waals surface area contributed by atoms with Crippen LogP contribution in [0.2, 0.25) is 0 Å². The Balaban J connectivity index is 0.00000400. The van der Waals surface area contributed by atoms with Crippen molar-refractivity contribution in [1.82, 2.24) is 4.90 Å². The fraction of sp³-hybridized carbons (Fsp3) is 0.467. The number of para-hydroxylation sites is 1. The number of amides is 2. The third-order valence-electron chi connectivity index (χ3n) is 2.95. The van der Waals surface area contributed by atoms with Crippen LogP contribution in [0.1, 0.15) is 25.8 Å². The zero-order valence-electron chi connectivity index (χ0n) is 12.5. The first-order valence-corrected chi connectivity index (χ1v) is 6.79. The lowest BCUT2D eigenvalue weighted by Crippen LogP contribution is -2.40. The second kappa shape index (κ2) is 9.23. The van der Waals surface area contributed by atoms with Gasteiger partial charge in [-0.1, -0.05) is 32.0 Å². The average molecular weight is 314 g/mol. The second-order valence-electron chi connectivity index (χ2n) is 5.33. The molecule has 0 heterocycles. The molecule has 1 aromatic rings. The molecular weight excluding hydrogens is 290 g/mol. The predicted molar refractivity (Wildman–Crippen MR) is 87.0 cm³/mol. The van der Waals surface area contributed by atoms with Crippen molar-refractivity contribution in [3.63, 3.8) is 0 Å². The van der Waals surface area contributed by atoms with E-state index in [1.165, 1.54) is 4.90 Å². The number of rotatable bonds is 7. The van der Waals surface area contributed by atoms with Gasteiger partial charge in [0.2, 0.25) is 11.8 Å². The van der Waals surface area contributed by atoms with E-state index >= 15 is 0 Å². The maximum Gasteiger partial charge on any atom is 0.237 e. The number of hydrogen-bond acceptors (Lipinski definition) is 3. The number of carbonyl (C=O) groups excluding carboxylic acids is 2. The minimum absolute atomic E-state index is 0. The molecule has 4 N–H and O–H groups in total. The van der Waals surface area contributed by atoms with Crippen molar-refractivity contribution in [2.24, 2.45) is 11.7 Å². The molecule has 0 saturated heterocycles. The van der Waals surface area contributed by atoms with E-state index in [1.54, 1.807) is 0 Å². The van der Waals surface area contributed by atoms with Gasteiger partial charge in [0.05, 0.1) is 6.54 Å². The van der Waals surface area contributed by atoms with Gasteiger partial charge in [-0.3, -0.25) is 9.59 Å². The Morgan fingerprint density at radius 1 is 1.24 bits per heavy atom. The van der Waals surface area contributed by atoms with Crippen LogP contribution in [0, 0.1) is 5.92 Å². The largest absolute Gasteiger partial charge is 0.399 e. The number of halogens is 1. The van der Waals surface area contributed by atoms with Crippen LogP contribution in [0.3, 0.4) is 0 Å². The van der Waals surface area contributed by atoms with Gasteiger partial charge < -0.3 is 16.4 Å². The number of benzene rings is 1. The summed E-state index contributed by atoms with van der Waals surface area (Å²) in [6.45, 7) is 4.50. The van der Waals surface area contributed by atoms with Gasteiger partial charge in [-0.2, -0.15) is 0 Å². The van der Waals surface area contributed by atoms with Crippen LogP contribution < -0.4 is 11.5 Å². The van der Waals surface area contributed by atoms with Gasteiger partial charge in [0, 0.05) is 18.7 Å². The Morgan fingerprint density at radius 2 is 1.86 bits per heavy atom. The highest BCUT2D eigenvalue weighted by Gasteiger charge is 2.17. The Bertz CT molecular complexity index is 478. The molecule has 1 rings (SSSR count). The number of nitrogens with zero attached hydrogens (tertiary/aromatic N) is 1. The Labute approximate surface area is 132 Å². The standard InChI is InChI=1S/C15H23N3O2.ClH/c1-11(2)9-18(10-14(17)19)15(20)8-7-12-5-3-4-6-13(12)16;/h3-6,11H,7-10,16H2,1-2H3,(H2,17,19);1H. The maximum absolute atomic E-state index is 12.2. The molecule has 0 bridgehead atoms. The second-order valence-corrected chi connectivity index (χ2v) is 5.33. The predicted octanol–water partition coefficient (Wildman–Crippen LogP) is 1.59. The molecule has 118 valence electrons. The molecule has 2 amide bonds. The summed E-state index contributed by atoms with van der Waals surface area (Å²) >= 11 is 0. The summed E-state index contributed by atoms with van der Waals surface area (Å²) in [4.78, 5) is 24.7. The van der Waals surface area contributed by atoms with E-state index in [1.807, 2.05) is 38.1 Å². The van der Waals surface area contributed by atoms with E-state index in [0.29, 0.717) is 31.0 Å². The van der Waals surface area contributed by atoms with Gasteiger partial charge in [-0.15, -0.1) is 12.4 Å². The first-order chi connectivity index (χ1) is 9.40. The number of hydrogen-bond donors (Lipinski definition) is 2. The number of anilines is 1. The fourth-order valence-corrected chi connectivity index (χ4v) is 2.05. The summed E-state index contributed by atoms with van der Waals surface area (Å²) in [5.74, 6) is -0.265. The smallest absolute Gasteiger partial charge is 0.237 e. The minimum Gasteiger partial charge on any atom is -0.399 e. The number of nitrogens with two attached hydrogens (primary N) is 2. The molecule has 0 fully saturated rings. The molecule has 0 aliphatic carbocycles. The minimum atomic E-state index is -0.488. The monoisotopic (exact) mass is 313 g/mol. The van der Waals surface area contributed by atoms with Crippen molar-refractivity contribution < 1.29 is 9.59 Å². The van der Waals surface area contributed by atoms with Crippen LogP contribution in [0.25, 0.3) is 0 Å². The van der Waals surface area contributed by atoms with Crippen LogP contribution in [-0.2, 0) is 16.0 Å². The van der Waals surface area contributed by atoms with E-state index in [0.717, 1.165) is 5.56 Å². The van der Waals surface area contributed by atoms with E-state index < -0.39 is 5.91 Å². The molecule has 0 aliphatic heterocycles. The number of primary amides is 1. The molecular formula is C15H24ClN3O2. The van der Waals surface area contributed by atoms with Crippen molar-refractivity contribution in [3.05, 3.63) is 29.8 Å². The molecule has 0 unspecified atom stereocenters. The molecule has 0 saturated carbocycles. The van der Waals surface area contributed by atoms with Gasteiger partial charge in [0.15, 0.2) is 0 Å². The zero-order valence-corrected chi connectivity index (χ0v) is 13.4. The van der Waals surface area contributed by atoms with Crippen LogP contribution in [0.4, 0.5) is 5.69 Å². The number of nitrogen functional groups attached to an aromatic ring is 1. The Morgan fingerprint density at radius 3 is 2.38 bits per heavy atom. The molecule has 1 aromatic carbocycles. The first kappa shape index (κ1) is 19.2. The van der Waals surface area contributed by atoms with Gasteiger partial charge in [-0.25, -0.2) is 0 Å². The van der Waals surface area contributed by atoms with Gasteiger partial charge >= 0.3 is 0 Å². The third kappa shape index (κ3) is 6.99. The first-order valence-electron chi connectivity index (χ1n) is 6.79. The fourth-order valence-electron chi connectivity index (χ4n) is 2.05. The molecule has 0 spiro atoms. The van der Waals surface area contributed by atoms with E-state index in [9.17, 15) is 9.59 Å². The normalized spacial score (nSPS) is 10.0. The molecule has 5 nitrogen and oxygen atoms in total. The van der Waals surface area contributed by atoms with Gasteiger partial charge in [-0.05, 0) is 24.0 Å². The van der Waals surface area contributed by atoms with Crippen LogP contribution >= 0.6 is 12.4 Å². The quantitative estimate of drug-likeness (QED) is 0.749. The molecule has 0 atom stereocenters. The number of carbonyl (C=O) groups is 2. The summed E-state index contributed by atoms with van der Waals surface area (Å²) in [6.07, 6.45) is 0.896. The highest BCUT2D eigenvalue weighted by Crippen LogP contribution is 2.13. The summed E-state index contributed by atoms with van der Waals surface area (Å²) in [6, 6.07) is 7.48. The van der Waals surface area contributed by atoms with Crippen LogP contribution in [0.15, 0.2) is 24.3 Å². The lowest BCUT2D eigenvalue weighted by molar-refractivity contribution is -0.135. The molecule has 0 aromatic heterocycles. The van der Waals surface area contributed by atoms with E-state index in [-0.39, 0.29) is 24.9 Å². The summed E-state index contributed by atoms with van der Waals surface area (Å²) in [5.41, 5.74) is 12.7. The highest BCUT2D eigenvalue weighted by atomic mass is 35.5.